The average molecular weight is 849 g/mol. The fourth-order valence-corrected chi connectivity index (χ4v) is 6.39. The normalized spacial score (nSPS) is 12.4. The molecule has 3 rings (SSSR count). The van der Waals surface area contributed by atoms with Gasteiger partial charge in [0.1, 0.15) is 41.1 Å². The van der Waals surface area contributed by atoms with E-state index in [1.807, 2.05) is 0 Å². The van der Waals surface area contributed by atoms with Gasteiger partial charge >= 0.3 is 11.9 Å². The first kappa shape index (κ1) is 46.1. The summed E-state index contributed by atoms with van der Waals surface area (Å²) in [5.41, 5.74) is 12.2. The lowest BCUT2D eigenvalue weighted by atomic mass is 10.1. The second-order valence-electron chi connectivity index (χ2n) is 12.8. The van der Waals surface area contributed by atoms with E-state index < -0.39 is 71.4 Å². The molecular formula is C34H45ClN12O10S. The van der Waals surface area contributed by atoms with Crippen LogP contribution >= 0.6 is 23.4 Å². The van der Waals surface area contributed by atoms with Crippen LogP contribution in [0.15, 0.2) is 36.8 Å². The van der Waals surface area contributed by atoms with Gasteiger partial charge in [0.2, 0.25) is 17.7 Å². The van der Waals surface area contributed by atoms with Gasteiger partial charge in [0.05, 0.1) is 22.9 Å². The summed E-state index contributed by atoms with van der Waals surface area (Å²) in [5, 5.41) is 39.2. The number of carbonyl (C=O) groups is 8. The predicted molar refractivity (Wildman–Crippen MR) is 214 cm³/mol. The number of amidine groups is 1. The molecule has 24 heteroatoms. The lowest BCUT2D eigenvalue weighted by Gasteiger charge is -2.19. The van der Waals surface area contributed by atoms with Gasteiger partial charge in [-0.15, -0.1) is 11.6 Å². The molecule has 0 saturated heterocycles. The van der Waals surface area contributed by atoms with Crippen LogP contribution in [0.3, 0.4) is 0 Å². The van der Waals surface area contributed by atoms with E-state index in [2.05, 4.69) is 31.9 Å². The van der Waals surface area contributed by atoms with E-state index in [4.69, 9.17) is 38.7 Å². The van der Waals surface area contributed by atoms with Crippen LogP contribution in [-0.4, -0.2) is 119 Å². The summed E-state index contributed by atoms with van der Waals surface area (Å²) in [6, 6.07) is 1.81. The Labute approximate surface area is 340 Å². The number of carboxylic acid groups (broad SMARTS) is 2. The number of aryl methyl sites for hydroxylation is 3. The highest BCUT2D eigenvalue weighted by molar-refractivity contribution is 7.99. The van der Waals surface area contributed by atoms with Gasteiger partial charge in [-0.2, -0.15) is 11.8 Å². The molecule has 0 aromatic carbocycles. The number of amides is 6. The first-order chi connectivity index (χ1) is 27.2. The number of nitrogens with one attached hydrogen (secondary N) is 7. The van der Waals surface area contributed by atoms with Crippen molar-refractivity contribution in [1.82, 2.24) is 29.7 Å². The van der Waals surface area contributed by atoms with E-state index in [1.165, 1.54) is 44.3 Å². The van der Waals surface area contributed by atoms with E-state index >= 15 is 0 Å². The summed E-state index contributed by atoms with van der Waals surface area (Å²) < 4.78 is 4.48. The summed E-state index contributed by atoms with van der Waals surface area (Å²) in [7, 11) is 4.80. The summed E-state index contributed by atoms with van der Waals surface area (Å²) in [6.45, 7) is -0.537. The van der Waals surface area contributed by atoms with Crippen molar-refractivity contribution in [2.24, 2.45) is 32.6 Å². The molecule has 3 aromatic rings. The van der Waals surface area contributed by atoms with E-state index in [0.717, 1.165) is 11.8 Å². The number of aliphatic carboxylic acids is 2. The summed E-state index contributed by atoms with van der Waals surface area (Å²) >= 11 is 7.32. The van der Waals surface area contributed by atoms with Crippen LogP contribution in [0.1, 0.15) is 50.7 Å². The number of carboxylic acids is 2. The highest BCUT2D eigenvalue weighted by Crippen LogP contribution is 2.21. The number of anilines is 3. The Morgan fingerprint density at radius 1 is 0.759 bits per heavy atom. The number of halogens is 1. The minimum atomic E-state index is -1.32. The van der Waals surface area contributed by atoms with Gasteiger partial charge in [0.15, 0.2) is 0 Å². The first-order valence-corrected chi connectivity index (χ1v) is 18.9. The number of rotatable bonds is 22. The Kier molecular flexibility index (Phi) is 16.9. The number of thioether (sulfide) groups is 1. The highest BCUT2D eigenvalue weighted by atomic mass is 35.5. The Morgan fingerprint density at radius 3 is 1.74 bits per heavy atom. The molecule has 3 heterocycles. The second kappa shape index (κ2) is 21.3. The molecule has 22 nitrogen and oxygen atoms in total. The van der Waals surface area contributed by atoms with Gasteiger partial charge in [0, 0.05) is 70.6 Å². The van der Waals surface area contributed by atoms with Crippen LogP contribution in [-0.2, 0) is 45.1 Å². The Bertz CT molecular complexity index is 2060. The third-order valence-corrected chi connectivity index (χ3v) is 9.75. The zero-order valence-electron chi connectivity index (χ0n) is 31.6. The highest BCUT2D eigenvalue weighted by Gasteiger charge is 2.25. The second-order valence-corrected chi connectivity index (χ2v) is 14.4. The molecule has 1 unspecified atom stereocenters. The third kappa shape index (κ3) is 14.0. The van der Waals surface area contributed by atoms with E-state index in [0.29, 0.717) is 5.69 Å². The minimum absolute atomic E-state index is 0.0526. The van der Waals surface area contributed by atoms with E-state index in [-0.39, 0.29) is 71.6 Å². The zero-order chi connectivity index (χ0) is 43.3. The van der Waals surface area contributed by atoms with E-state index in [9.17, 15) is 38.4 Å². The Morgan fingerprint density at radius 2 is 1.26 bits per heavy atom. The van der Waals surface area contributed by atoms with Crippen LogP contribution in [0.2, 0.25) is 0 Å². The van der Waals surface area contributed by atoms with Gasteiger partial charge in [0.25, 0.3) is 17.7 Å². The van der Waals surface area contributed by atoms with Gasteiger partial charge in [-0.3, -0.25) is 43.8 Å². The van der Waals surface area contributed by atoms with Gasteiger partial charge in [-0.1, -0.05) is 0 Å². The van der Waals surface area contributed by atoms with Crippen molar-refractivity contribution < 1.29 is 48.6 Å². The maximum Gasteiger partial charge on any atom is 0.322 e. The molecule has 0 saturated carbocycles. The van der Waals surface area contributed by atoms with Crippen LogP contribution in [0.25, 0.3) is 0 Å². The summed E-state index contributed by atoms with van der Waals surface area (Å²) in [5.74, 6) is -6.52. The Hall–Kier alpha value is -6.33. The fourth-order valence-electron chi connectivity index (χ4n) is 5.10. The van der Waals surface area contributed by atoms with Gasteiger partial charge in [-0.25, -0.2) is 0 Å². The molecule has 0 fully saturated rings. The number of carbonyl (C=O) groups excluding carboxylic acids is 6. The number of hydrogen-bond acceptors (Lipinski definition) is 11. The number of aromatic nitrogens is 3. The SMILES string of the molecule is Cn1cc(NC(=O)c2cc(NC(=O)c3cc(NC(=O)C(Cl)CSC[C@H](NC(=O)CC[C@H](N)C(=O)O)C(=O)NCC(=O)O)cn3C)cn2C)cc1C(=O)NCCC(=N)N. The zero-order valence-corrected chi connectivity index (χ0v) is 33.2. The minimum Gasteiger partial charge on any atom is -0.480 e. The summed E-state index contributed by atoms with van der Waals surface area (Å²) in [6.07, 6.45) is 4.22. The predicted octanol–water partition coefficient (Wildman–Crippen LogP) is -0.581. The molecule has 58 heavy (non-hydrogen) atoms. The Balaban J connectivity index is 1.56. The molecule has 6 amide bonds. The third-order valence-electron chi connectivity index (χ3n) is 8.07. The lowest BCUT2D eigenvalue weighted by Crippen LogP contribution is -2.49. The molecule has 314 valence electrons. The quantitative estimate of drug-likeness (QED) is 0.0343. The number of nitrogens with two attached hydrogens (primary N) is 2. The average Bonchev–Trinajstić information content (AvgIpc) is 3.83. The van der Waals surface area contributed by atoms with Crippen molar-refractivity contribution in [3.8, 4) is 0 Å². The molecule has 0 spiro atoms. The van der Waals surface area contributed by atoms with Gasteiger partial charge in [-0.05, 0) is 24.6 Å². The van der Waals surface area contributed by atoms with Crippen LogP contribution in [0.4, 0.5) is 17.1 Å². The van der Waals surface area contributed by atoms with Crippen LogP contribution in [0.5, 0.6) is 0 Å². The number of alkyl halides is 1. The molecule has 0 aliphatic rings. The number of hydrogen-bond donors (Lipinski definition) is 11. The van der Waals surface area contributed by atoms with Crippen molar-refractivity contribution in [1.29, 1.82) is 5.41 Å². The summed E-state index contributed by atoms with van der Waals surface area (Å²) in [4.78, 5) is 98.5. The molecule has 0 radical (unpaired) electrons. The van der Waals surface area contributed by atoms with Crippen LogP contribution in [0, 0.1) is 5.41 Å². The standard InChI is InChI=1S/C34H45ClN12O10S/c1-45-13-18(8-23(45)31(53)39-7-6-26(37)38)42-33(55)25-10-19(14-47(25)3)43-32(54)24-9-17(12-46(24)2)41-29(51)20(35)15-58-16-22(30(52)40-11-28(49)50)44-27(48)5-4-21(36)34(56)57/h8-10,12-14,20-22H,4-7,11,15-16,36H2,1-3H3,(H3,37,38)(H,39,53)(H,40,52)(H,41,51)(H,42,55)(H,43,54)(H,44,48)(H,49,50)(H,56,57)/t20?,21-,22-/m0/s1. The molecule has 3 aromatic heterocycles. The molecule has 0 aliphatic heterocycles. The van der Waals surface area contributed by atoms with Crippen molar-refractivity contribution in [3.63, 3.8) is 0 Å². The molecule has 0 aliphatic carbocycles. The van der Waals surface area contributed by atoms with Crippen molar-refractivity contribution in [2.45, 2.75) is 36.7 Å². The maximum atomic E-state index is 13.2. The monoisotopic (exact) mass is 848 g/mol. The van der Waals surface area contributed by atoms with E-state index in [1.54, 1.807) is 27.3 Å². The van der Waals surface area contributed by atoms with Gasteiger partial charge < -0.3 is 67.3 Å². The largest absolute Gasteiger partial charge is 0.480 e. The smallest absolute Gasteiger partial charge is 0.322 e. The molecule has 3 atom stereocenters. The van der Waals surface area contributed by atoms with Crippen molar-refractivity contribution >= 4 is 93.6 Å². The molecule has 0 bridgehead atoms. The lowest BCUT2D eigenvalue weighted by molar-refractivity contribution is -0.139. The topological polar surface area (TPSA) is 340 Å². The fraction of sp³-hybridized carbons (Fsp3) is 0.382. The van der Waals surface area contributed by atoms with Crippen molar-refractivity contribution in [3.05, 3.63) is 53.9 Å². The number of nitrogens with zero attached hydrogens (tertiary/aromatic N) is 3. The first-order valence-electron chi connectivity index (χ1n) is 17.3. The maximum absolute atomic E-state index is 13.2. The van der Waals surface area contributed by atoms with Crippen LogP contribution < -0.4 is 43.4 Å². The molecular weight excluding hydrogens is 804 g/mol. The van der Waals surface area contributed by atoms with Crippen molar-refractivity contribution in [2.75, 3.05) is 40.5 Å². The molecule has 13 N–H and O–H groups in total.